The number of benzene rings is 2. The minimum Gasteiger partial charge on any atom is -0.493 e. The second kappa shape index (κ2) is 9.47. The zero-order valence-electron chi connectivity index (χ0n) is 16.0. The lowest BCUT2D eigenvalue weighted by molar-refractivity contribution is 0.220. The van der Waals surface area contributed by atoms with Crippen molar-refractivity contribution in [2.75, 3.05) is 20.8 Å². The average molecular weight is 423 g/mol. The highest BCUT2D eigenvalue weighted by Crippen LogP contribution is 2.28. The van der Waals surface area contributed by atoms with Crippen molar-refractivity contribution >= 4 is 11.6 Å². The molecule has 0 aliphatic carbocycles. The maximum atomic E-state index is 14.0. The Morgan fingerprint density at radius 2 is 1.90 bits per heavy atom. The zero-order chi connectivity index (χ0) is 20.8. The van der Waals surface area contributed by atoms with Gasteiger partial charge >= 0.3 is 11.8 Å². The van der Waals surface area contributed by atoms with Crippen LogP contribution in [0.1, 0.15) is 18.4 Å². The summed E-state index contributed by atoms with van der Waals surface area (Å²) in [5.41, 5.74) is 1.04. The standard InChI is InChI=1S/C20H20ClFN2O5/c1-26-17-9-6-13(11-18(17)27-2)5-3-4-10-28-19-23-24(20(25)29-19)16-8-7-14(21)12-15(16)22/h6-9,11-12H,3-5,10H2,1-2H3. The first kappa shape index (κ1) is 20.7. The van der Waals surface area contributed by atoms with E-state index in [1.165, 1.54) is 12.1 Å². The Hall–Kier alpha value is -3.00. The van der Waals surface area contributed by atoms with Gasteiger partial charge in [-0.05, 0) is 55.2 Å². The maximum Gasteiger partial charge on any atom is 0.444 e. The van der Waals surface area contributed by atoms with Crippen LogP contribution < -0.4 is 20.0 Å². The second-order valence-electron chi connectivity index (χ2n) is 6.14. The summed E-state index contributed by atoms with van der Waals surface area (Å²) in [6.07, 6.45) is 2.15. The summed E-state index contributed by atoms with van der Waals surface area (Å²) in [6, 6.07) is 9.66. The Morgan fingerprint density at radius 1 is 1.10 bits per heavy atom. The molecule has 0 atom stereocenters. The zero-order valence-corrected chi connectivity index (χ0v) is 16.7. The van der Waals surface area contributed by atoms with Crippen LogP contribution in [0.4, 0.5) is 4.39 Å². The first-order valence-electron chi connectivity index (χ1n) is 8.91. The molecular weight excluding hydrogens is 403 g/mol. The first-order chi connectivity index (χ1) is 14.0. The van der Waals surface area contributed by atoms with Crippen LogP contribution in [0, 0.1) is 5.82 Å². The Kier molecular flexibility index (Phi) is 6.77. The fourth-order valence-corrected chi connectivity index (χ4v) is 2.91. The molecule has 0 spiro atoms. The van der Waals surface area contributed by atoms with Gasteiger partial charge in [-0.15, -0.1) is 0 Å². The van der Waals surface area contributed by atoms with Gasteiger partial charge in [-0.25, -0.2) is 9.18 Å². The lowest BCUT2D eigenvalue weighted by atomic mass is 10.1. The number of nitrogens with zero attached hydrogens (tertiary/aromatic N) is 2. The molecule has 9 heteroatoms. The molecule has 0 unspecified atom stereocenters. The van der Waals surface area contributed by atoms with Crippen molar-refractivity contribution in [2.45, 2.75) is 19.3 Å². The van der Waals surface area contributed by atoms with E-state index < -0.39 is 11.6 Å². The fourth-order valence-electron chi connectivity index (χ4n) is 2.75. The molecule has 0 fully saturated rings. The van der Waals surface area contributed by atoms with E-state index in [9.17, 15) is 9.18 Å². The smallest absolute Gasteiger partial charge is 0.444 e. The first-order valence-corrected chi connectivity index (χ1v) is 9.29. The van der Waals surface area contributed by atoms with Crippen molar-refractivity contribution < 1.29 is 23.0 Å². The van der Waals surface area contributed by atoms with Crippen molar-refractivity contribution in [2.24, 2.45) is 0 Å². The summed E-state index contributed by atoms with van der Waals surface area (Å²) in [7, 11) is 3.19. The molecule has 0 aliphatic rings. The summed E-state index contributed by atoms with van der Waals surface area (Å²) in [4.78, 5) is 11.9. The molecule has 0 saturated carbocycles. The quantitative estimate of drug-likeness (QED) is 0.484. The van der Waals surface area contributed by atoms with E-state index in [4.69, 9.17) is 30.2 Å². The highest BCUT2D eigenvalue weighted by atomic mass is 35.5. The number of unbranched alkanes of at least 4 members (excludes halogenated alkanes) is 1. The highest BCUT2D eigenvalue weighted by Gasteiger charge is 2.14. The third-order valence-corrected chi connectivity index (χ3v) is 4.44. The number of halogens is 2. The number of methoxy groups -OCH3 is 2. The minimum atomic E-state index is -0.841. The van der Waals surface area contributed by atoms with Crippen LogP contribution in [0.2, 0.25) is 5.02 Å². The normalized spacial score (nSPS) is 10.8. The number of aromatic nitrogens is 2. The van der Waals surface area contributed by atoms with Gasteiger partial charge in [0, 0.05) is 5.02 Å². The van der Waals surface area contributed by atoms with Crippen LogP contribution in [0.5, 0.6) is 17.6 Å². The number of ether oxygens (including phenoxy) is 3. The van der Waals surface area contributed by atoms with Crippen LogP contribution in [0.25, 0.3) is 5.69 Å². The van der Waals surface area contributed by atoms with Crippen LogP contribution in [-0.4, -0.2) is 30.6 Å². The van der Waals surface area contributed by atoms with Crippen LogP contribution in [-0.2, 0) is 6.42 Å². The number of rotatable bonds is 9. The van der Waals surface area contributed by atoms with E-state index in [0.29, 0.717) is 24.5 Å². The van der Waals surface area contributed by atoms with Gasteiger partial charge in [0.05, 0.1) is 20.8 Å². The molecule has 0 aliphatic heterocycles. The molecule has 1 heterocycles. The SMILES string of the molecule is COc1ccc(CCCCOc2nn(-c3ccc(Cl)cc3F)c(=O)o2)cc1OC. The van der Waals surface area contributed by atoms with Gasteiger partial charge in [-0.2, -0.15) is 4.68 Å². The Balaban J connectivity index is 1.52. The second-order valence-corrected chi connectivity index (χ2v) is 6.57. The molecule has 0 bridgehead atoms. The van der Waals surface area contributed by atoms with Crippen molar-refractivity contribution in [3.05, 3.63) is 63.4 Å². The molecule has 0 amide bonds. The number of hydrogen-bond acceptors (Lipinski definition) is 6. The van der Waals surface area contributed by atoms with Gasteiger partial charge in [-0.1, -0.05) is 22.8 Å². The fraction of sp³-hybridized carbons (Fsp3) is 0.300. The summed E-state index contributed by atoms with van der Waals surface area (Å²) in [6.45, 7) is 0.302. The van der Waals surface area contributed by atoms with E-state index in [0.717, 1.165) is 29.2 Å². The molecule has 3 rings (SSSR count). The number of aryl methyl sites for hydroxylation is 1. The van der Waals surface area contributed by atoms with Gasteiger partial charge < -0.3 is 18.6 Å². The van der Waals surface area contributed by atoms with Crippen LogP contribution >= 0.6 is 11.6 Å². The van der Waals surface area contributed by atoms with E-state index in [2.05, 4.69) is 5.10 Å². The molecule has 154 valence electrons. The molecule has 0 N–H and O–H groups in total. The molecule has 29 heavy (non-hydrogen) atoms. The highest BCUT2D eigenvalue weighted by molar-refractivity contribution is 6.30. The molecular formula is C20H20ClFN2O5. The van der Waals surface area contributed by atoms with Gasteiger partial charge in [0.1, 0.15) is 5.69 Å². The monoisotopic (exact) mass is 422 g/mol. The van der Waals surface area contributed by atoms with Crippen molar-refractivity contribution in [1.82, 2.24) is 9.78 Å². The van der Waals surface area contributed by atoms with Crippen LogP contribution in [0.3, 0.4) is 0 Å². The largest absolute Gasteiger partial charge is 0.493 e. The van der Waals surface area contributed by atoms with Crippen molar-refractivity contribution in [3.8, 4) is 23.3 Å². The van der Waals surface area contributed by atoms with Gasteiger partial charge in [0.15, 0.2) is 17.3 Å². The van der Waals surface area contributed by atoms with E-state index in [1.54, 1.807) is 14.2 Å². The van der Waals surface area contributed by atoms with Crippen molar-refractivity contribution in [3.63, 3.8) is 0 Å². The predicted octanol–water partition coefficient (Wildman–Crippen LogP) is 4.04. The Bertz CT molecular complexity index is 1030. The maximum absolute atomic E-state index is 14.0. The van der Waals surface area contributed by atoms with E-state index >= 15 is 0 Å². The summed E-state index contributed by atoms with van der Waals surface area (Å²) < 4.78 is 35.6. The lowest BCUT2D eigenvalue weighted by Gasteiger charge is -2.09. The lowest BCUT2D eigenvalue weighted by Crippen LogP contribution is -2.14. The molecule has 7 nitrogen and oxygen atoms in total. The predicted molar refractivity (Wildman–Crippen MR) is 105 cm³/mol. The molecule has 1 aromatic heterocycles. The Morgan fingerprint density at radius 3 is 2.62 bits per heavy atom. The van der Waals surface area contributed by atoms with Crippen molar-refractivity contribution in [1.29, 1.82) is 0 Å². The van der Waals surface area contributed by atoms with Gasteiger partial charge in [0.2, 0.25) is 0 Å². The third-order valence-electron chi connectivity index (χ3n) is 4.20. The summed E-state index contributed by atoms with van der Waals surface area (Å²) in [5.74, 6) is -0.161. The molecule has 0 radical (unpaired) electrons. The van der Waals surface area contributed by atoms with E-state index in [-0.39, 0.29) is 16.8 Å². The molecule has 0 saturated heterocycles. The Labute approximate surface area is 171 Å². The minimum absolute atomic E-state index is 0.0635. The molecule has 3 aromatic rings. The topological polar surface area (TPSA) is 75.7 Å². The average Bonchev–Trinajstić information content (AvgIpc) is 3.07. The molecule has 2 aromatic carbocycles. The van der Waals surface area contributed by atoms with Gasteiger partial charge in [-0.3, -0.25) is 0 Å². The summed E-state index contributed by atoms with van der Waals surface area (Å²) in [5, 5.41) is 4.09. The van der Waals surface area contributed by atoms with E-state index in [1.807, 2.05) is 18.2 Å². The summed E-state index contributed by atoms with van der Waals surface area (Å²) >= 11 is 5.71. The third kappa shape index (κ3) is 5.08. The number of hydrogen-bond donors (Lipinski definition) is 0. The van der Waals surface area contributed by atoms with Gasteiger partial charge in [0.25, 0.3) is 0 Å². The van der Waals surface area contributed by atoms with Crippen LogP contribution in [0.15, 0.2) is 45.6 Å².